The molecule has 0 fully saturated rings. The number of ketones is 1. The molecule has 2 aromatic rings. The maximum absolute atomic E-state index is 11.7. The Morgan fingerprint density at radius 2 is 2.06 bits per heavy atom. The first-order valence-corrected chi connectivity index (χ1v) is 6.61. The lowest BCUT2D eigenvalue weighted by molar-refractivity contribution is 0.101. The van der Waals surface area contributed by atoms with E-state index in [0.29, 0.717) is 5.69 Å². The smallest absolute Gasteiger partial charge is 0.183 e. The van der Waals surface area contributed by atoms with Crippen LogP contribution in [0.25, 0.3) is 10.4 Å². The van der Waals surface area contributed by atoms with E-state index in [1.165, 1.54) is 22.5 Å². The average molecular weight is 260 g/mol. The van der Waals surface area contributed by atoms with Crippen molar-refractivity contribution in [2.24, 2.45) is 0 Å². The molecule has 0 atom stereocenters. The maximum Gasteiger partial charge on any atom is 0.183 e. The Morgan fingerprint density at radius 1 is 1.33 bits per heavy atom. The minimum atomic E-state index is 0.00252. The number of nitrogens with one attached hydrogen (secondary N) is 1. The maximum atomic E-state index is 11.7. The SMILES string of the molecule is CNc1nc(C(C)=O)c(-c2ccc(C)cc2C)s1. The van der Waals surface area contributed by atoms with Gasteiger partial charge in [-0.1, -0.05) is 35.1 Å². The molecule has 0 saturated heterocycles. The van der Waals surface area contributed by atoms with E-state index in [9.17, 15) is 4.79 Å². The number of rotatable bonds is 3. The summed E-state index contributed by atoms with van der Waals surface area (Å²) in [6, 6.07) is 6.24. The van der Waals surface area contributed by atoms with E-state index >= 15 is 0 Å². The molecule has 0 aliphatic heterocycles. The third kappa shape index (κ3) is 2.29. The summed E-state index contributed by atoms with van der Waals surface area (Å²) in [5, 5.41) is 3.77. The molecule has 3 nitrogen and oxygen atoms in total. The van der Waals surface area contributed by atoms with E-state index in [2.05, 4.69) is 42.3 Å². The van der Waals surface area contributed by atoms with Crippen molar-refractivity contribution in [3.63, 3.8) is 0 Å². The van der Waals surface area contributed by atoms with Gasteiger partial charge in [0.15, 0.2) is 10.9 Å². The summed E-state index contributed by atoms with van der Waals surface area (Å²) in [5.41, 5.74) is 4.03. The van der Waals surface area contributed by atoms with Crippen molar-refractivity contribution >= 4 is 22.3 Å². The van der Waals surface area contributed by atoms with E-state index in [1.807, 2.05) is 7.05 Å². The standard InChI is InChI=1S/C14H16N2OS/c1-8-5-6-11(9(2)7-8)13-12(10(3)17)16-14(15-4)18-13/h5-7H,1-4H3,(H,15,16). The largest absolute Gasteiger partial charge is 0.365 e. The Balaban J connectivity index is 2.62. The summed E-state index contributed by atoms with van der Waals surface area (Å²) in [5.74, 6) is 0.00252. The summed E-state index contributed by atoms with van der Waals surface area (Å²) in [6.45, 7) is 5.68. The number of hydrogen-bond acceptors (Lipinski definition) is 4. The monoisotopic (exact) mass is 260 g/mol. The van der Waals surface area contributed by atoms with E-state index in [4.69, 9.17) is 0 Å². The first-order chi connectivity index (χ1) is 8.52. The summed E-state index contributed by atoms with van der Waals surface area (Å²) in [6.07, 6.45) is 0. The fourth-order valence-corrected chi connectivity index (χ4v) is 2.97. The van der Waals surface area contributed by atoms with Crippen molar-refractivity contribution in [3.05, 3.63) is 35.0 Å². The van der Waals surface area contributed by atoms with Gasteiger partial charge in [0.05, 0.1) is 4.88 Å². The van der Waals surface area contributed by atoms with Crippen LogP contribution < -0.4 is 5.32 Å². The van der Waals surface area contributed by atoms with Crippen molar-refractivity contribution < 1.29 is 4.79 Å². The summed E-state index contributed by atoms with van der Waals surface area (Å²) < 4.78 is 0. The van der Waals surface area contributed by atoms with Gasteiger partial charge >= 0.3 is 0 Å². The zero-order valence-corrected chi connectivity index (χ0v) is 11.8. The van der Waals surface area contributed by atoms with Crippen LogP contribution in [0.4, 0.5) is 5.13 Å². The van der Waals surface area contributed by atoms with Crippen LogP contribution >= 0.6 is 11.3 Å². The molecule has 1 aromatic carbocycles. The van der Waals surface area contributed by atoms with Gasteiger partial charge in [-0.15, -0.1) is 0 Å². The molecule has 18 heavy (non-hydrogen) atoms. The molecule has 0 aliphatic carbocycles. The zero-order valence-electron chi connectivity index (χ0n) is 11.0. The molecule has 94 valence electrons. The number of Topliss-reactive ketones (excluding diaryl/α,β-unsaturated/α-hetero) is 1. The predicted molar refractivity (Wildman–Crippen MR) is 76.6 cm³/mol. The first kappa shape index (κ1) is 12.8. The second kappa shape index (κ2) is 4.90. The molecule has 1 heterocycles. The number of benzene rings is 1. The number of carbonyl (C=O) groups is 1. The number of hydrogen-bond donors (Lipinski definition) is 1. The molecule has 4 heteroatoms. The normalized spacial score (nSPS) is 10.4. The van der Waals surface area contributed by atoms with Gasteiger partial charge in [0.1, 0.15) is 5.69 Å². The molecule has 2 rings (SSSR count). The number of aryl methyl sites for hydroxylation is 2. The van der Waals surface area contributed by atoms with Crippen molar-refractivity contribution in [2.45, 2.75) is 20.8 Å². The molecular weight excluding hydrogens is 244 g/mol. The topological polar surface area (TPSA) is 42.0 Å². The van der Waals surface area contributed by atoms with E-state index in [1.54, 1.807) is 6.92 Å². The van der Waals surface area contributed by atoms with Gasteiger partial charge in [-0.2, -0.15) is 0 Å². The van der Waals surface area contributed by atoms with Crippen molar-refractivity contribution in [1.82, 2.24) is 4.98 Å². The van der Waals surface area contributed by atoms with E-state index in [-0.39, 0.29) is 5.78 Å². The van der Waals surface area contributed by atoms with Gasteiger partial charge in [0, 0.05) is 14.0 Å². The molecule has 0 unspecified atom stereocenters. The fraction of sp³-hybridized carbons (Fsp3) is 0.286. The highest BCUT2D eigenvalue weighted by molar-refractivity contribution is 7.19. The minimum absolute atomic E-state index is 0.00252. The lowest BCUT2D eigenvalue weighted by Gasteiger charge is -2.05. The molecule has 0 bridgehead atoms. The van der Waals surface area contributed by atoms with Gasteiger partial charge in [0.2, 0.25) is 0 Å². The molecule has 1 N–H and O–H groups in total. The molecular formula is C14H16N2OS. The molecule has 1 aromatic heterocycles. The van der Waals surface area contributed by atoms with Crippen LogP contribution in [0.3, 0.4) is 0 Å². The van der Waals surface area contributed by atoms with Crippen molar-refractivity contribution in [1.29, 1.82) is 0 Å². The number of nitrogens with zero attached hydrogens (tertiary/aromatic N) is 1. The summed E-state index contributed by atoms with van der Waals surface area (Å²) in [4.78, 5) is 16.9. The van der Waals surface area contributed by atoms with Crippen LogP contribution in [0.1, 0.15) is 28.5 Å². The Hall–Kier alpha value is -1.68. The van der Waals surface area contributed by atoms with Crippen LogP contribution in [0.2, 0.25) is 0 Å². The Bertz CT molecular complexity index is 602. The van der Waals surface area contributed by atoms with Crippen LogP contribution in [-0.2, 0) is 0 Å². The molecule has 0 aliphatic rings. The highest BCUT2D eigenvalue weighted by Crippen LogP contribution is 2.35. The molecule has 0 amide bonds. The lowest BCUT2D eigenvalue weighted by atomic mass is 10.0. The quantitative estimate of drug-likeness (QED) is 0.856. The highest BCUT2D eigenvalue weighted by Gasteiger charge is 2.17. The van der Waals surface area contributed by atoms with Crippen molar-refractivity contribution in [2.75, 3.05) is 12.4 Å². The number of carbonyl (C=O) groups excluding carboxylic acids is 1. The second-order valence-corrected chi connectivity index (χ2v) is 5.32. The van der Waals surface area contributed by atoms with Gasteiger partial charge in [-0.3, -0.25) is 4.79 Å². The summed E-state index contributed by atoms with van der Waals surface area (Å²) >= 11 is 1.52. The summed E-state index contributed by atoms with van der Waals surface area (Å²) in [7, 11) is 1.81. The number of anilines is 1. The van der Waals surface area contributed by atoms with Gasteiger partial charge < -0.3 is 5.32 Å². The molecule has 0 spiro atoms. The highest BCUT2D eigenvalue weighted by atomic mass is 32.1. The van der Waals surface area contributed by atoms with E-state index in [0.717, 1.165) is 15.6 Å². The lowest BCUT2D eigenvalue weighted by Crippen LogP contribution is -1.96. The minimum Gasteiger partial charge on any atom is -0.365 e. The fourth-order valence-electron chi connectivity index (χ4n) is 1.92. The van der Waals surface area contributed by atoms with Crippen LogP contribution in [0.5, 0.6) is 0 Å². The number of aromatic nitrogens is 1. The van der Waals surface area contributed by atoms with Crippen LogP contribution in [0, 0.1) is 13.8 Å². The Morgan fingerprint density at radius 3 is 2.61 bits per heavy atom. The second-order valence-electron chi connectivity index (χ2n) is 4.32. The molecule has 0 radical (unpaired) electrons. The van der Waals surface area contributed by atoms with Crippen LogP contribution in [-0.4, -0.2) is 17.8 Å². The average Bonchev–Trinajstić information content (AvgIpc) is 2.73. The molecule has 0 saturated carbocycles. The van der Waals surface area contributed by atoms with Crippen molar-refractivity contribution in [3.8, 4) is 10.4 Å². The Labute approximate surface area is 111 Å². The van der Waals surface area contributed by atoms with Crippen LogP contribution in [0.15, 0.2) is 18.2 Å². The predicted octanol–water partition coefficient (Wildman–Crippen LogP) is 3.67. The van der Waals surface area contributed by atoms with Gasteiger partial charge in [0.25, 0.3) is 0 Å². The third-order valence-electron chi connectivity index (χ3n) is 2.80. The van der Waals surface area contributed by atoms with E-state index < -0.39 is 0 Å². The Kier molecular flexibility index (Phi) is 3.48. The van der Waals surface area contributed by atoms with Gasteiger partial charge in [-0.05, 0) is 25.0 Å². The third-order valence-corrected chi connectivity index (χ3v) is 3.91. The first-order valence-electron chi connectivity index (χ1n) is 5.80. The van der Waals surface area contributed by atoms with Gasteiger partial charge in [-0.25, -0.2) is 4.98 Å². The number of thiazole rings is 1. The zero-order chi connectivity index (χ0) is 13.3.